The third-order valence-corrected chi connectivity index (χ3v) is 2.29. The molecule has 0 fully saturated rings. The van der Waals surface area contributed by atoms with E-state index in [2.05, 4.69) is 4.98 Å². The normalized spacial score (nSPS) is 15.1. The zero-order chi connectivity index (χ0) is 10.6. The SMILES string of the molecule is NCCC(O)C(O)c1cnccc1Cl. The van der Waals surface area contributed by atoms with E-state index in [4.69, 9.17) is 17.3 Å². The summed E-state index contributed by atoms with van der Waals surface area (Å²) in [4.78, 5) is 3.82. The van der Waals surface area contributed by atoms with Crippen molar-refractivity contribution in [1.82, 2.24) is 4.98 Å². The molecule has 0 bridgehead atoms. The molecule has 4 nitrogen and oxygen atoms in total. The lowest BCUT2D eigenvalue weighted by Gasteiger charge is -2.17. The van der Waals surface area contributed by atoms with E-state index < -0.39 is 12.2 Å². The molecule has 1 rings (SSSR count). The van der Waals surface area contributed by atoms with E-state index in [9.17, 15) is 10.2 Å². The van der Waals surface area contributed by atoms with E-state index in [0.717, 1.165) is 0 Å². The molecule has 0 aliphatic heterocycles. The van der Waals surface area contributed by atoms with Crippen LogP contribution in [0.4, 0.5) is 0 Å². The van der Waals surface area contributed by atoms with Gasteiger partial charge in [-0.15, -0.1) is 0 Å². The maximum absolute atomic E-state index is 9.67. The van der Waals surface area contributed by atoms with Crippen LogP contribution in [0.1, 0.15) is 18.1 Å². The molecule has 0 spiro atoms. The largest absolute Gasteiger partial charge is 0.390 e. The summed E-state index contributed by atoms with van der Waals surface area (Å²) in [5.41, 5.74) is 5.69. The molecule has 0 aliphatic carbocycles. The Balaban J connectivity index is 2.78. The molecule has 2 unspecified atom stereocenters. The molecule has 1 heterocycles. The number of aliphatic hydroxyl groups is 2. The van der Waals surface area contributed by atoms with Crippen LogP contribution >= 0.6 is 11.6 Å². The molecule has 2 atom stereocenters. The second-order valence-electron chi connectivity index (χ2n) is 2.99. The highest BCUT2D eigenvalue weighted by Crippen LogP contribution is 2.24. The summed E-state index contributed by atoms with van der Waals surface area (Å²) in [6.45, 7) is 0.316. The first-order valence-electron chi connectivity index (χ1n) is 4.32. The van der Waals surface area contributed by atoms with Gasteiger partial charge in [-0.3, -0.25) is 4.98 Å². The van der Waals surface area contributed by atoms with Crippen molar-refractivity contribution in [3.63, 3.8) is 0 Å². The molecule has 0 radical (unpaired) electrons. The number of rotatable bonds is 4. The van der Waals surface area contributed by atoms with E-state index in [-0.39, 0.29) is 0 Å². The van der Waals surface area contributed by atoms with Crippen molar-refractivity contribution in [2.24, 2.45) is 5.73 Å². The van der Waals surface area contributed by atoms with E-state index in [1.807, 2.05) is 0 Å². The van der Waals surface area contributed by atoms with Gasteiger partial charge >= 0.3 is 0 Å². The standard InChI is InChI=1S/C9H13ClN2O2/c10-7-2-4-12-5-6(7)9(14)8(13)1-3-11/h2,4-5,8-9,13-14H,1,3,11H2. The minimum absolute atomic E-state index is 0.316. The topological polar surface area (TPSA) is 79.4 Å². The summed E-state index contributed by atoms with van der Waals surface area (Å²) in [6.07, 6.45) is 1.36. The lowest BCUT2D eigenvalue weighted by atomic mass is 10.0. The van der Waals surface area contributed by atoms with Gasteiger partial charge < -0.3 is 15.9 Å². The predicted molar refractivity (Wildman–Crippen MR) is 53.9 cm³/mol. The number of aliphatic hydroxyl groups excluding tert-OH is 2. The molecule has 0 aromatic carbocycles. The smallest absolute Gasteiger partial charge is 0.108 e. The molecular formula is C9H13ClN2O2. The number of hydrogen-bond acceptors (Lipinski definition) is 4. The van der Waals surface area contributed by atoms with Gasteiger partial charge in [0.1, 0.15) is 6.10 Å². The van der Waals surface area contributed by atoms with Gasteiger partial charge in [-0.2, -0.15) is 0 Å². The Bertz CT molecular complexity index is 296. The molecule has 0 saturated carbocycles. The Labute approximate surface area is 87.3 Å². The van der Waals surface area contributed by atoms with E-state index >= 15 is 0 Å². The Hall–Kier alpha value is -0.680. The summed E-state index contributed by atoms with van der Waals surface area (Å²) in [5, 5.41) is 19.5. The minimum Gasteiger partial charge on any atom is -0.390 e. The molecule has 1 aromatic heterocycles. The zero-order valence-corrected chi connectivity index (χ0v) is 8.35. The van der Waals surface area contributed by atoms with Gasteiger partial charge in [0.15, 0.2) is 0 Å². The minimum atomic E-state index is -1.03. The number of hydrogen-bond donors (Lipinski definition) is 3. The van der Waals surface area contributed by atoms with Crippen molar-refractivity contribution in [3.05, 3.63) is 29.0 Å². The highest BCUT2D eigenvalue weighted by molar-refractivity contribution is 6.31. The maximum Gasteiger partial charge on any atom is 0.108 e. The molecule has 4 N–H and O–H groups in total. The predicted octanol–water partition coefficient (Wildman–Crippen LogP) is 0.478. The fourth-order valence-corrected chi connectivity index (χ4v) is 1.36. The second kappa shape index (κ2) is 5.26. The van der Waals surface area contributed by atoms with Gasteiger partial charge in [0.2, 0.25) is 0 Å². The summed E-state index contributed by atoms with van der Waals surface area (Å²) >= 11 is 5.82. The van der Waals surface area contributed by atoms with Gasteiger partial charge in [-0.05, 0) is 19.0 Å². The lowest BCUT2D eigenvalue weighted by Crippen LogP contribution is -2.22. The number of nitrogens with zero attached hydrogens (tertiary/aromatic N) is 1. The van der Waals surface area contributed by atoms with Crippen molar-refractivity contribution in [2.45, 2.75) is 18.6 Å². The van der Waals surface area contributed by atoms with Crippen LogP contribution in [0.25, 0.3) is 0 Å². The van der Waals surface area contributed by atoms with Gasteiger partial charge in [0.25, 0.3) is 0 Å². The summed E-state index contributed by atoms with van der Waals surface area (Å²) in [5.74, 6) is 0. The van der Waals surface area contributed by atoms with Crippen molar-refractivity contribution < 1.29 is 10.2 Å². The van der Waals surface area contributed by atoms with Crippen LogP contribution < -0.4 is 5.73 Å². The molecule has 1 aromatic rings. The van der Waals surface area contributed by atoms with E-state index in [0.29, 0.717) is 23.6 Å². The van der Waals surface area contributed by atoms with Crippen molar-refractivity contribution in [1.29, 1.82) is 0 Å². The van der Waals surface area contributed by atoms with Crippen molar-refractivity contribution in [2.75, 3.05) is 6.54 Å². The van der Waals surface area contributed by atoms with Crippen LogP contribution in [0, 0.1) is 0 Å². The van der Waals surface area contributed by atoms with Crippen molar-refractivity contribution >= 4 is 11.6 Å². The molecule has 0 aliphatic rings. The highest BCUT2D eigenvalue weighted by Gasteiger charge is 2.19. The molecule has 0 amide bonds. The summed E-state index contributed by atoms with van der Waals surface area (Å²) < 4.78 is 0. The third kappa shape index (κ3) is 2.65. The molecule has 0 saturated heterocycles. The first kappa shape index (κ1) is 11.4. The van der Waals surface area contributed by atoms with Crippen LogP contribution in [0.3, 0.4) is 0 Å². The average Bonchev–Trinajstić information content (AvgIpc) is 2.18. The third-order valence-electron chi connectivity index (χ3n) is 1.94. The quantitative estimate of drug-likeness (QED) is 0.684. The van der Waals surface area contributed by atoms with E-state index in [1.165, 1.54) is 12.4 Å². The van der Waals surface area contributed by atoms with Gasteiger partial charge in [0.05, 0.1) is 6.10 Å². The van der Waals surface area contributed by atoms with Gasteiger partial charge in [0, 0.05) is 23.0 Å². The number of halogens is 1. The van der Waals surface area contributed by atoms with Crippen LogP contribution in [0.15, 0.2) is 18.5 Å². The lowest BCUT2D eigenvalue weighted by molar-refractivity contribution is 0.0149. The molecule has 78 valence electrons. The maximum atomic E-state index is 9.67. The van der Waals surface area contributed by atoms with E-state index in [1.54, 1.807) is 6.07 Å². The fourth-order valence-electron chi connectivity index (χ4n) is 1.14. The Morgan fingerprint density at radius 1 is 1.50 bits per heavy atom. The summed E-state index contributed by atoms with van der Waals surface area (Å²) in [7, 11) is 0. The Kier molecular flexibility index (Phi) is 4.28. The molecule has 14 heavy (non-hydrogen) atoms. The fraction of sp³-hybridized carbons (Fsp3) is 0.444. The van der Waals surface area contributed by atoms with Gasteiger partial charge in [-0.25, -0.2) is 0 Å². The number of nitrogens with two attached hydrogens (primary N) is 1. The van der Waals surface area contributed by atoms with Crippen molar-refractivity contribution in [3.8, 4) is 0 Å². The molecular weight excluding hydrogens is 204 g/mol. The average molecular weight is 217 g/mol. The number of aromatic nitrogens is 1. The first-order chi connectivity index (χ1) is 6.66. The monoisotopic (exact) mass is 216 g/mol. The molecule has 5 heteroatoms. The highest BCUT2D eigenvalue weighted by atomic mass is 35.5. The first-order valence-corrected chi connectivity index (χ1v) is 4.70. The Morgan fingerprint density at radius 3 is 2.79 bits per heavy atom. The van der Waals surface area contributed by atoms with Crippen LogP contribution in [0.2, 0.25) is 5.02 Å². The van der Waals surface area contributed by atoms with Crippen LogP contribution in [-0.4, -0.2) is 27.8 Å². The van der Waals surface area contributed by atoms with Gasteiger partial charge in [-0.1, -0.05) is 11.6 Å². The number of pyridine rings is 1. The zero-order valence-electron chi connectivity index (χ0n) is 7.60. The second-order valence-corrected chi connectivity index (χ2v) is 3.39. The Morgan fingerprint density at radius 2 is 2.21 bits per heavy atom. The summed E-state index contributed by atoms with van der Waals surface area (Å²) in [6, 6.07) is 1.56. The van der Waals surface area contributed by atoms with Crippen LogP contribution in [-0.2, 0) is 0 Å². The van der Waals surface area contributed by atoms with Crippen LogP contribution in [0.5, 0.6) is 0 Å².